The zero-order valence-corrected chi connectivity index (χ0v) is 16.7. The molecule has 0 aromatic heterocycles. The van der Waals surface area contributed by atoms with Gasteiger partial charge in [-0.05, 0) is 31.0 Å². The van der Waals surface area contributed by atoms with Gasteiger partial charge in [0.05, 0.1) is 4.90 Å². The highest BCUT2D eigenvalue weighted by atomic mass is 32.2. The topological polar surface area (TPSA) is 140 Å². The Kier molecular flexibility index (Phi) is 8.13. The Labute approximate surface area is 169 Å². The van der Waals surface area contributed by atoms with Gasteiger partial charge in [0.2, 0.25) is 10.0 Å². The molecule has 0 heterocycles. The lowest BCUT2D eigenvalue weighted by molar-refractivity contribution is -0.123. The summed E-state index contributed by atoms with van der Waals surface area (Å²) in [7, 11) is -3.74. The molecule has 0 radical (unpaired) electrons. The number of hydrogen-bond acceptors (Lipinski definition) is 6. The maximum atomic E-state index is 12.3. The summed E-state index contributed by atoms with van der Waals surface area (Å²) in [6.45, 7) is 1.79. The summed E-state index contributed by atoms with van der Waals surface area (Å²) in [5.74, 6) is 4.48. The lowest BCUT2D eigenvalue weighted by Crippen LogP contribution is -2.50. The molecule has 0 aliphatic rings. The largest absolute Gasteiger partial charge is 0.445 e. The molecule has 9 nitrogen and oxygen atoms in total. The third kappa shape index (κ3) is 7.18. The van der Waals surface area contributed by atoms with Gasteiger partial charge in [-0.2, -0.15) is 0 Å². The van der Waals surface area contributed by atoms with Crippen molar-refractivity contribution in [2.75, 3.05) is 6.54 Å². The van der Waals surface area contributed by atoms with Gasteiger partial charge < -0.3 is 10.1 Å². The van der Waals surface area contributed by atoms with Crippen LogP contribution in [0.5, 0.6) is 0 Å². The Balaban J connectivity index is 1.88. The summed E-state index contributed by atoms with van der Waals surface area (Å²) in [6.07, 6.45) is -0.835. The number of nitrogens with two attached hydrogens (primary N) is 1. The molecule has 5 N–H and O–H groups in total. The van der Waals surface area contributed by atoms with Crippen molar-refractivity contribution in [3.05, 3.63) is 65.7 Å². The molecule has 0 bridgehead atoms. The van der Waals surface area contributed by atoms with E-state index in [0.717, 1.165) is 11.1 Å². The molecule has 0 fully saturated rings. The maximum Gasteiger partial charge on any atom is 0.408 e. The first-order valence-electron chi connectivity index (χ1n) is 8.86. The van der Waals surface area contributed by atoms with Crippen LogP contribution in [0.1, 0.15) is 17.5 Å². The zero-order valence-electron chi connectivity index (χ0n) is 15.9. The van der Waals surface area contributed by atoms with Crippen molar-refractivity contribution in [1.82, 2.24) is 15.5 Å². The highest BCUT2D eigenvalue weighted by molar-refractivity contribution is 7.89. The number of hydrogen-bond donors (Lipinski definition) is 4. The highest BCUT2D eigenvalue weighted by Crippen LogP contribution is 2.10. The van der Waals surface area contributed by atoms with Crippen LogP contribution in [0.15, 0.2) is 59.5 Å². The number of rotatable bonds is 9. The number of amides is 2. The smallest absolute Gasteiger partial charge is 0.408 e. The number of carbonyl (C=O) groups excluding carboxylic acids is 2. The van der Waals surface area contributed by atoms with Gasteiger partial charge in [0, 0.05) is 6.54 Å². The fourth-order valence-corrected chi connectivity index (χ4v) is 3.46. The molecule has 2 aromatic rings. The van der Waals surface area contributed by atoms with Crippen LogP contribution in [-0.2, 0) is 26.2 Å². The first-order valence-corrected chi connectivity index (χ1v) is 10.3. The van der Waals surface area contributed by atoms with Crippen molar-refractivity contribution in [2.24, 2.45) is 5.84 Å². The number of benzene rings is 2. The van der Waals surface area contributed by atoms with E-state index in [0.29, 0.717) is 0 Å². The van der Waals surface area contributed by atoms with Crippen LogP contribution in [0.2, 0.25) is 0 Å². The van der Waals surface area contributed by atoms with Crippen LogP contribution in [0.3, 0.4) is 0 Å². The van der Waals surface area contributed by atoms with E-state index >= 15 is 0 Å². The van der Waals surface area contributed by atoms with Gasteiger partial charge in [0.1, 0.15) is 12.6 Å². The quantitative estimate of drug-likeness (QED) is 0.271. The zero-order chi connectivity index (χ0) is 21.3. The molecule has 29 heavy (non-hydrogen) atoms. The van der Waals surface area contributed by atoms with E-state index in [1.54, 1.807) is 36.4 Å². The molecule has 0 spiro atoms. The summed E-state index contributed by atoms with van der Waals surface area (Å²) in [6, 6.07) is 14.3. The molecule has 10 heteroatoms. The van der Waals surface area contributed by atoms with Gasteiger partial charge in [-0.25, -0.2) is 23.8 Å². The maximum absolute atomic E-state index is 12.3. The first-order chi connectivity index (χ1) is 13.8. The van der Waals surface area contributed by atoms with Crippen molar-refractivity contribution < 1.29 is 22.7 Å². The number of ether oxygens (including phenoxy) is 1. The SMILES string of the molecule is Cc1ccc(S(=O)(=O)NCC[C@@H](NC(=O)OCc2ccccc2)C(=O)NN)cc1. The van der Waals surface area contributed by atoms with Crippen molar-refractivity contribution in [3.8, 4) is 0 Å². The molecule has 0 saturated carbocycles. The molecule has 0 aliphatic heterocycles. The number of carbonyl (C=O) groups is 2. The van der Waals surface area contributed by atoms with Crippen LogP contribution in [0.25, 0.3) is 0 Å². The van der Waals surface area contributed by atoms with Crippen LogP contribution in [-0.4, -0.2) is 33.0 Å². The van der Waals surface area contributed by atoms with Crippen LogP contribution < -0.4 is 21.3 Å². The van der Waals surface area contributed by atoms with E-state index in [9.17, 15) is 18.0 Å². The standard InChI is InChI=1S/C19H24N4O5S/c1-14-7-9-16(10-8-14)29(26,27)21-12-11-17(18(24)23-20)22-19(25)28-13-15-5-3-2-4-6-15/h2-10,17,21H,11-13,20H2,1H3,(H,22,25)(H,23,24)/t17-/m1/s1. The van der Waals surface area contributed by atoms with Crippen LogP contribution >= 0.6 is 0 Å². The van der Waals surface area contributed by atoms with Crippen molar-refractivity contribution in [2.45, 2.75) is 30.9 Å². The normalized spacial score (nSPS) is 12.1. The number of sulfonamides is 1. The lowest BCUT2D eigenvalue weighted by atomic mass is 10.2. The predicted molar refractivity (Wildman–Crippen MR) is 107 cm³/mol. The summed E-state index contributed by atoms with van der Waals surface area (Å²) in [5.41, 5.74) is 3.66. The van der Waals surface area contributed by atoms with E-state index in [2.05, 4.69) is 10.0 Å². The van der Waals surface area contributed by atoms with Crippen LogP contribution in [0, 0.1) is 6.92 Å². The summed E-state index contributed by atoms with van der Waals surface area (Å²) < 4.78 is 32.1. The number of hydrazine groups is 1. The van der Waals surface area contributed by atoms with E-state index in [4.69, 9.17) is 10.6 Å². The Morgan fingerprint density at radius 1 is 1.07 bits per heavy atom. The Morgan fingerprint density at radius 3 is 2.34 bits per heavy atom. The minimum Gasteiger partial charge on any atom is -0.445 e. The Morgan fingerprint density at radius 2 is 1.72 bits per heavy atom. The van der Waals surface area contributed by atoms with Crippen molar-refractivity contribution in [1.29, 1.82) is 0 Å². The minimum absolute atomic E-state index is 0.0193. The van der Waals surface area contributed by atoms with E-state index in [-0.39, 0.29) is 24.5 Å². The fourth-order valence-electron chi connectivity index (χ4n) is 2.41. The number of nitrogens with one attached hydrogen (secondary N) is 3. The molecular formula is C19H24N4O5S. The second-order valence-corrected chi connectivity index (χ2v) is 8.03. The molecular weight excluding hydrogens is 396 g/mol. The second-order valence-electron chi connectivity index (χ2n) is 6.27. The monoisotopic (exact) mass is 420 g/mol. The highest BCUT2D eigenvalue weighted by Gasteiger charge is 2.22. The van der Waals surface area contributed by atoms with Gasteiger partial charge in [0.15, 0.2) is 0 Å². The van der Waals surface area contributed by atoms with Gasteiger partial charge >= 0.3 is 6.09 Å². The average molecular weight is 420 g/mol. The Hall–Kier alpha value is -2.95. The molecule has 1 atom stereocenters. The van der Waals surface area contributed by atoms with Crippen LogP contribution in [0.4, 0.5) is 4.79 Å². The third-order valence-electron chi connectivity index (χ3n) is 4.02. The summed E-state index contributed by atoms with van der Waals surface area (Å²) in [4.78, 5) is 24.0. The number of alkyl carbamates (subject to hydrolysis) is 1. The molecule has 2 rings (SSSR count). The lowest BCUT2D eigenvalue weighted by Gasteiger charge is -2.17. The number of aryl methyl sites for hydroxylation is 1. The van der Waals surface area contributed by atoms with Crippen molar-refractivity contribution in [3.63, 3.8) is 0 Å². The second kappa shape index (κ2) is 10.6. The summed E-state index contributed by atoms with van der Waals surface area (Å²) in [5, 5.41) is 2.38. The molecule has 0 saturated heterocycles. The molecule has 156 valence electrons. The first kappa shape index (κ1) is 22.3. The minimum atomic E-state index is -3.74. The molecule has 2 amide bonds. The molecule has 0 unspecified atom stereocenters. The fraction of sp³-hybridized carbons (Fsp3) is 0.263. The van der Waals surface area contributed by atoms with Crippen molar-refractivity contribution >= 4 is 22.0 Å². The van der Waals surface area contributed by atoms with E-state index in [1.165, 1.54) is 12.1 Å². The van der Waals surface area contributed by atoms with E-state index < -0.39 is 28.1 Å². The van der Waals surface area contributed by atoms with Gasteiger partial charge in [-0.1, -0.05) is 48.0 Å². The Bertz CT molecular complexity index is 917. The van der Waals surface area contributed by atoms with Gasteiger partial charge in [0.25, 0.3) is 5.91 Å². The average Bonchev–Trinajstić information content (AvgIpc) is 2.72. The van der Waals surface area contributed by atoms with E-state index in [1.807, 2.05) is 18.4 Å². The predicted octanol–water partition coefficient (Wildman–Crippen LogP) is 0.948. The third-order valence-corrected chi connectivity index (χ3v) is 5.50. The molecule has 2 aromatic carbocycles. The molecule has 0 aliphatic carbocycles. The van der Waals surface area contributed by atoms with Gasteiger partial charge in [-0.15, -0.1) is 0 Å². The summed E-state index contributed by atoms with van der Waals surface area (Å²) >= 11 is 0. The van der Waals surface area contributed by atoms with Gasteiger partial charge in [-0.3, -0.25) is 10.2 Å².